The fourth-order valence-corrected chi connectivity index (χ4v) is 1.84. The molecule has 19 heavy (non-hydrogen) atoms. The zero-order chi connectivity index (χ0) is 13.2. The standard InChI is InChI=1S/C13H11N5O/c14-13-9(11-6-15-7-16-11)5-10(17-18-13)8-3-1-2-4-12(8)19/h1-7,19H,(H2,14,18)(H,15,16). The second-order valence-corrected chi connectivity index (χ2v) is 4.01. The number of rotatable bonds is 2. The van der Waals surface area contributed by atoms with Gasteiger partial charge in [-0.1, -0.05) is 12.1 Å². The molecular formula is C13H11N5O. The van der Waals surface area contributed by atoms with Gasteiger partial charge in [-0.05, 0) is 18.2 Å². The molecule has 3 rings (SSSR count). The Morgan fingerprint density at radius 2 is 1.95 bits per heavy atom. The predicted octanol–water partition coefficient (Wildman–Crippen LogP) is 1.82. The Morgan fingerprint density at radius 1 is 1.11 bits per heavy atom. The fourth-order valence-electron chi connectivity index (χ4n) is 1.84. The first-order valence-corrected chi connectivity index (χ1v) is 5.66. The van der Waals surface area contributed by atoms with Crippen molar-refractivity contribution in [3.05, 3.63) is 42.9 Å². The maximum atomic E-state index is 9.84. The summed E-state index contributed by atoms with van der Waals surface area (Å²) in [5.41, 5.74) is 8.43. The topological polar surface area (TPSA) is 101 Å². The number of anilines is 1. The van der Waals surface area contributed by atoms with Gasteiger partial charge in [0.2, 0.25) is 0 Å². The third kappa shape index (κ3) is 1.99. The summed E-state index contributed by atoms with van der Waals surface area (Å²) in [4.78, 5) is 6.92. The van der Waals surface area contributed by atoms with Crippen LogP contribution in [0.25, 0.3) is 22.5 Å². The van der Waals surface area contributed by atoms with E-state index >= 15 is 0 Å². The first-order chi connectivity index (χ1) is 9.25. The number of hydrogen-bond donors (Lipinski definition) is 3. The number of H-pyrrole nitrogens is 1. The van der Waals surface area contributed by atoms with Gasteiger partial charge in [0.05, 0.1) is 23.9 Å². The Balaban J connectivity index is 2.15. The molecule has 0 fully saturated rings. The third-order valence-electron chi connectivity index (χ3n) is 2.79. The summed E-state index contributed by atoms with van der Waals surface area (Å²) < 4.78 is 0. The van der Waals surface area contributed by atoms with Crippen LogP contribution in [-0.4, -0.2) is 25.3 Å². The van der Waals surface area contributed by atoms with Gasteiger partial charge >= 0.3 is 0 Å². The highest BCUT2D eigenvalue weighted by atomic mass is 16.3. The molecule has 0 spiro atoms. The van der Waals surface area contributed by atoms with Gasteiger partial charge in [-0.25, -0.2) is 4.98 Å². The lowest BCUT2D eigenvalue weighted by Gasteiger charge is -2.06. The summed E-state index contributed by atoms with van der Waals surface area (Å²) in [7, 11) is 0. The van der Waals surface area contributed by atoms with Crippen molar-refractivity contribution in [2.45, 2.75) is 0 Å². The highest BCUT2D eigenvalue weighted by Gasteiger charge is 2.11. The number of para-hydroxylation sites is 1. The molecule has 0 bridgehead atoms. The van der Waals surface area contributed by atoms with E-state index in [4.69, 9.17) is 5.73 Å². The van der Waals surface area contributed by atoms with Gasteiger partial charge in [0, 0.05) is 11.1 Å². The first-order valence-electron chi connectivity index (χ1n) is 5.66. The van der Waals surface area contributed by atoms with E-state index in [1.165, 1.54) is 0 Å². The number of hydrogen-bond acceptors (Lipinski definition) is 5. The number of imidazole rings is 1. The van der Waals surface area contributed by atoms with Crippen LogP contribution in [-0.2, 0) is 0 Å². The van der Waals surface area contributed by atoms with Gasteiger partial charge in [-0.3, -0.25) is 0 Å². The lowest BCUT2D eigenvalue weighted by molar-refractivity contribution is 0.477. The quantitative estimate of drug-likeness (QED) is 0.646. The van der Waals surface area contributed by atoms with Gasteiger partial charge < -0.3 is 15.8 Å². The van der Waals surface area contributed by atoms with Crippen molar-refractivity contribution >= 4 is 5.82 Å². The van der Waals surface area contributed by atoms with Gasteiger partial charge in [0.15, 0.2) is 5.82 Å². The molecule has 0 radical (unpaired) electrons. The SMILES string of the molecule is Nc1nnc(-c2ccccc2O)cc1-c1cnc[nH]1. The van der Waals surface area contributed by atoms with Gasteiger partial charge in [0.1, 0.15) is 5.75 Å². The number of aromatic nitrogens is 4. The van der Waals surface area contributed by atoms with Crippen molar-refractivity contribution in [1.29, 1.82) is 0 Å². The van der Waals surface area contributed by atoms with E-state index in [1.54, 1.807) is 36.8 Å². The second kappa shape index (κ2) is 4.41. The molecule has 1 aromatic carbocycles. The summed E-state index contributed by atoms with van der Waals surface area (Å²) >= 11 is 0. The van der Waals surface area contributed by atoms with Crippen molar-refractivity contribution in [1.82, 2.24) is 20.2 Å². The Morgan fingerprint density at radius 3 is 2.68 bits per heavy atom. The molecule has 0 aliphatic heterocycles. The van der Waals surface area contributed by atoms with Crippen LogP contribution in [0.4, 0.5) is 5.82 Å². The number of aromatic amines is 1. The number of phenolic OH excluding ortho intramolecular Hbond substituents is 1. The zero-order valence-electron chi connectivity index (χ0n) is 9.91. The minimum Gasteiger partial charge on any atom is -0.507 e. The maximum Gasteiger partial charge on any atom is 0.155 e. The molecule has 2 aromatic heterocycles. The van der Waals surface area contributed by atoms with Crippen molar-refractivity contribution in [3.8, 4) is 28.3 Å². The molecular weight excluding hydrogens is 242 g/mol. The number of nitrogens with two attached hydrogens (primary N) is 1. The molecule has 0 amide bonds. The minimum atomic E-state index is 0.150. The van der Waals surface area contributed by atoms with E-state index in [-0.39, 0.29) is 5.75 Å². The zero-order valence-corrected chi connectivity index (χ0v) is 9.91. The van der Waals surface area contributed by atoms with Gasteiger partial charge in [0.25, 0.3) is 0 Å². The van der Waals surface area contributed by atoms with Gasteiger partial charge in [-0.15, -0.1) is 10.2 Å². The molecule has 0 unspecified atom stereocenters. The predicted molar refractivity (Wildman–Crippen MR) is 71.1 cm³/mol. The Kier molecular flexibility index (Phi) is 2.60. The molecule has 2 heterocycles. The van der Waals surface area contributed by atoms with Crippen LogP contribution in [0, 0.1) is 0 Å². The third-order valence-corrected chi connectivity index (χ3v) is 2.79. The number of benzene rings is 1. The first kappa shape index (κ1) is 11.2. The van der Waals surface area contributed by atoms with Crippen LogP contribution in [0.5, 0.6) is 5.75 Å². The minimum absolute atomic E-state index is 0.150. The summed E-state index contributed by atoms with van der Waals surface area (Å²) in [6.07, 6.45) is 3.22. The van der Waals surface area contributed by atoms with E-state index in [0.717, 1.165) is 5.69 Å². The number of aromatic hydroxyl groups is 1. The normalized spacial score (nSPS) is 10.5. The molecule has 94 valence electrons. The summed E-state index contributed by atoms with van der Waals surface area (Å²) in [5, 5.41) is 17.8. The van der Waals surface area contributed by atoms with Crippen LogP contribution in [0.15, 0.2) is 42.9 Å². The van der Waals surface area contributed by atoms with E-state index in [0.29, 0.717) is 22.6 Å². The van der Waals surface area contributed by atoms with E-state index in [1.807, 2.05) is 6.07 Å². The molecule has 0 aliphatic carbocycles. The van der Waals surface area contributed by atoms with Crippen molar-refractivity contribution in [2.24, 2.45) is 0 Å². The summed E-state index contributed by atoms with van der Waals surface area (Å²) in [5.74, 6) is 0.459. The summed E-state index contributed by atoms with van der Waals surface area (Å²) in [6.45, 7) is 0. The molecule has 6 nitrogen and oxygen atoms in total. The second-order valence-electron chi connectivity index (χ2n) is 4.01. The molecule has 6 heteroatoms. The molecule has 0 saturated carbocycles. The highest BCUT2D eigenvalue weighted by Crippen LogP contribution is 2.30. The lowest BCUT2D eigenvalue weighted by Crippen LogP contribution is -1.98. The molecule has 0 atom stereocenters. The molecule has 4 N–H and O–H groups in total. The smallest absolute Gasteiger partial charge is 0.155 e. The van der Waals surface area contributed by atoms with E-state index < -0.39 is 0 Å². The Hall–Kier alpha value is -2.89. The van der Waals surface area contributed by atoms with Crippen molar-refractivity contribution in [2.75, 3.05) is 5.73 Å². The van der Waals surface area contributed by atoms with Crippen LogP contribution < -0.4 is 5.73 Å². The van der Waals surface area contributed by atoms with Crippen molar-refractivity contribution < 1.29 is 5.11 Å². The number of nitrogens with one attached hydrogen (secondary N) is 1. The highest BCUT2D eigenvalue weighted by molar-refractivity contribution is 5.76. The number of phenols is 1. The Bertz CT molecular complexity index is 709. The maximum absolute atomic E-state index is 9.84. The van der Waals surface area contributed by atoms with Crippen LogP contribution in [0.2, 0.25) is 0 Å². The average molecular weight is 253 g/mol. The van der Waals surface area contributed by atoms with Gasteiger partial charge in [-0.2, -0.15) is 0 Å². The van der Waals surface area contributed by atoms with E-state index in [9.17, 15) is 5.11 Å². The van der Waals surface area contributed by atoms with Crippen LogP contribution in [0.3, 0.4) is 0 Å². The van der Waals surface area contributed by atoms with E-state index in [2.05, 4.69) is 20.2 Å². The Labute approximate surface area is 109 Å². The molecule has 3 aromatic rings. The molecule has 0 aliphatic rings. The number of nitrogens with zero attached hydrogens (tertiary/aromatic N) is 3. The monoisotopic (exact) mass is 253 g/mol. The van der Waals surface area contributed by atoms with Crippen LogP contribution in [0.1, 0.15) is 0 Å². The lowest BCUT2D eigenvalue weighted by atomic mass is 10.1. The van der Waals surface area contributed by atoms with Crippen LogP contribution >= 0.6 is 0 Å². The average Bonchev–Trinajstić information content (AvgIpc) is 2.94. The summed E-state index contributed by atoms with van der Waals surface area (Å²) in [6, 6.07) is 8.71. The number of nitrogen functional groups attached to an aromatic ring is 1. The molecule has 0 saturated heterocycles. The fraction of sp³-hybridized carbons (Fsp3) is 0. The largest absolute Gasteiger partial charge is 0.507 e. The van der Waals surface area contributed by atoms with Crippen molar-refractivity contribution in [3.63, 3.8) is 0 Å².